The Morgan fingerprint density at radius 3 is 2.24 bits per heavy atom. The van der Waals surface area contributed by atoms with E-state index in [-0.39, 0.29) is 48.0 Å². The molecule has 0 spiro atoms. The van der Waals surface area contributed by atoms with Crippen LogP contribution in [-0.2, 0) is 39.2 Å². The van der Waals surface area contributed by atoms with E-state index in [1.165, 1.54) is 12.1 Å². The summed E-state index contributed by atoms with van der Waals surface area (Å²) in [5, 5.41) is 35.1. The number of pyridine rings is 1. The number of likely N-dealkylation sites (tertiary alicyclic amines) is 1. The molecule has 5 aromatic rings. The van der Waals surface area contributed by atoms with Crippen LogP contribution in [0, 0.1) is 6.92 Å². The molecule has 0 aliphatic carbocycles. The molecule has 2 amide bonds. The number of aliphatic hydroxyl groups excluding tert-OH is 1. The van der Waals surface area contributed by atoms with E-state index < -0.39 is 17.5 Å². The number of H-pyrrole nitrogens is 1. The third kappa shape index (κ3) is 9.30. The van der Waals surface area contributed by atoms with Gasteiger partial charge in [-0.1, -0.05) is 84.9 Å². The molecule has 55 heavy (non-hydrogen) atoms. The Morgan fingerprint density at radius 2 is 1.55 bits per heavy atom. The van der Waals surface area contributed by atoms with Gasteiger partial charge in [0.15, 0.2) is 0 Å². The molecule has 0 bridgehead atoms. The third-order valence-electron chi connectivity index (χ3n) is 10.8. The van der Waals surface area contributed by atoms with E-state index >= 15 is 0 Å². The Bertz CT molecular complexity index is 2180. The molecular weight excluding hydrogens is 697 g/mol. The number of benzene rings is 4. The Balaban J connectivity index is 1.02. The van der Waals surface area contributed by atoms with E-state index in [9.17, 15) is 34.5 Å². The number of aliphatic hydroxyl groups is 1. The normalized spacial score (nSPS) is 14.4. The molecule has 1 fully saturated rings. The van der Waals surface area contributed by atoms with Crippen molar-refractivity contribution in [3.63, 3.8) is 0 Å². The number of piperidine rings is 1. The van der Waals surface area contributed by atoms with E-state index in [2.05, 4.69) is 10.3 Å². The predicted molar refractivity (Wildman–Crippen MR) is 211 cm³/mol. The van der Waals surface area contributed by atoms with E-state index in [0.29, 0.717) is 62.9 Å². The number of carboxylic acid groups (broad SMARTS) is 1. The van der Waals surface area contributed by atoms with Crippen LogP contribution in [0.3, 0.4) is 0 Å². The third-order valence-corrected chi connectivity index (χ3v) is 10.8. The largest absolute Gasteiger partial charge is 0.506 e. The number of nitrogens with zero attached hydrogens (tertiary/aromatic N) is 2. The van der Waals surface area contributed by atoms with Gasteiger partial charge in [0.2, 0.25) is 17.4 Å². The number of aromatic hydroxyl groups is 1. The molecule has 1 aliphatic rings. The lowest BCUT2D eigenvalue weighted by Gasteiger charge is -2.39. The molecule has 4 aromatic carbocycles. The number of hydrogen-bond acceptors (Lipinski definition) is 7. The first-order chi connectivity index (χ1) is 26.5. The van der Waals surface area contributed by atoms with Crippen LogP contribution in [-0.4, -0.2) is 80.6 Å². The number of carbonyl (C=O) groups is 3. The molecule has 2 heterocycles. The van der Waals surface area contributed by atoms with Gasteiger partial charge in [0, 0.05) is 44.2 Å². The number of fused-ring (bicyclic) bond motifs is 1. The van der Waals surface area contributed by atoms with Gasteiger partial charge >= 0.3 is 5.97 Å². The lowest BCUT2D eigenvalue weighted by atomic mass is 9.73. The molecule has 0 saturated carbocycles. The second kappa shape index (κ2) is 17.6. The van der Waals surface area contributed by atoms with Crippen LogP contribution in [0.15, 0.2) is 108 Å². The topological polar surface area (TPSA) is 163 Å². The number of amides is 2. The fraction of sp³-hybridized carbons (Fsp3) is 0.318. The summed E-state index contributed by atoms with van der Waals surface area (Å²) in [6, 6.07) is 30.8. The van der Waals surface area contributed by atoms with Crippen LogP contribution in [0.4, 0.5) is 0 Å². The molecule has 0 unspecified atom stereocenters. The maximum Gasteiger partial charge on any atom is 0.314 e. The zero-order chi connectivity index (χ0) is 39.0. The molecular formula is C44H48N4O7. The van der Waals surface area contributed by atoms with Crippen molar-refractivity contribution in [3.8, 4) is 5.75 Å². The molecule has 11 nitrogen and oxygen atoms in total. The maximum absolute atomic E-state index is 13.8. The monoisotopic (exact) mass is 744 g/mol. The highest BCUT2D eigenvalue weighted by molar-refractivity contribution is 5.87. The summed E-state index contributed by atoms with van der Waals surface area (Å²) in [4.78, 5) is 57.3. The Kier molecular flexibility index (Phi) is 12.4. The summed E-state index contributed by atoms with van der Waals surface area (Å²) in [5.74, 6) is -0.994. The number of carboxylic acids is 1. The minimum absolute atomic E-state index is 0.0229. The van der Waals surface area contributed by atoms with Gasteiger partial charge in [-0.25, -0.2) is 0 Å². The molecule has 0 radical (unpaired) electrons. The number of phenolic OH excluding ortho intramolecular Hbond substituents is 1. The van der Waals surface area contributed by atoms with Crippen molar-refractivity contribution in [3.05, 3.63) is 147 Å². The van der Waals surface area contributed by atoms with Crippen molar-refractivity contribution in [2.45, 2.75) is 57.1 Å². The first-order valence-corrected chi connectivity index (χ1v) is 18.7. The Morgan fingerprint density at radius 1 is 0.873 bits per heavy atom. The molecule has 5 N–H and O–H groups in total. The lowest BCUT2D eigenvalue weighted by molar-refractivity contribution is -0.148. The second-order valence-electron chi connectivity index (χ2n) is 14.4. The number of aryl methyl sites for hydroxylation is 1. The van der Waals surface area contributed by atoms with E-state index in [1.807, 2.05) is 90.7 Å². The minimum atomic E-state index is -0.993. The Labute approximate surface area is 320 Å². The molecule has 1 aliphatic heterocycles. The summed E-state index contributed by atoms with van der Waals surface area (Å²) >= 11 is 0. The number of hydrogen-bond donors (Lipinski definition) is 5. The van der Waals surface area contributed by atoms with E-state index in [0.717, 1.165) is 27.8 Å². The molecule has 11 heteroatoms. The van der Waals surface area contributed by atoms with Crippen LogP contribution in [0.5, 0.6) is 5.75 Å². The highest BCUT2D eigenvalue weighted by atomic mass is 16.4. The van der Waals surface area contributed by atoms with Gasteiger partial charge in [-0.05, 0) is 78.2 Å². The van der Waals surface area contributed by atoms with Gasteiger partial charge in [0.05, 0.1) is 29.9 Å². The first-order valence-electron chi connectivity index (χ1n) is 18.7. The van der Waals surface area contributed by atoms with Gasteiger partial charge in [-0.2, -0.15) is 0 Å². The van der Waals surface area contributed by atoms with Crippen LogP contribution in [0.25, 0.3) is 10.9 Å². The molecule has 1 aromatic heterocycles. The number of aromatic nitrogens is 1. The van der Waals surface area contributed by atoms with Gasteiger partial charge in [-0.15, -0.1) is 0 Å². The number of carbonyl (C=O) groups excluding carboxylic acids is 2. The predicted octanol–water partition coefficient (Wildman–Crippen LogP) is 5.01. The van der Waals surface area contributed by atoms with Crippen molar-refractivity contribution in [1.29, 1.82) is 0 Å². The zero-order valence-corrected chi connectivity index (χ0v) is 31.0. The number of phenols is 1. The highest BCUT2D eigenvalue weighted by Gasteiger charge is 2.43. The summed E-state index contributed by atoms with van der Waals surface area (Å²) < 4.78 is 0. The average Bonchev–Trinajstić information content (AvgIpc) is 3.19. The summed E-state index contributed by atoms with van der Waals surface area (Å²) in [5.41, 5.74) is 4.13. The summed E-state index contributed by atoms with van der Waals surface area (Å²) in [6.45, 7) is 4.52. The molecule has 1 saturated heterocycles. The average molecular weight is 745 g/mol. The van der Waals surface area contributed by atoms with Crippen molar-refractivity contribution < 1.29 is 29.7 Å². The number of aromatic amines is 1. The summed E-state index contributed by atoms with van der Waals surface area (Å²) in [7, 11) is 0. The van der Waals surface area contributed by atoms with Gasteiger partial charge in [0.25, 0.3) is 0 Å². The molecule has 6 rings (SSSR count). The number of rotatable bonds is 15. The smallest absolute Gasteiger partial charge is 0.314 e. The van der Waals surface area contributed by atoms with Crippen molar-refractivity contribution in [2.24, 2.45) is 0 Å². The van der Waals surface area contributed by atoms with Crippen LogP contribution in [0.2, 0.25) is 0 Å². The van der Waals surface area contributed by atoms with Gasteiger partial charge in [0.1, 0.15) is 5.75 Å². The van der Waals surface area contributed by atoms with Gasteiger partial charge < -0.3 is 35.4 Å². The van der Waals surface area contributed by atoms with E-state index in [1.54, 1.807) is 17.0 Å². The van der Waals surface area contributed by atoms with Crippen molar-refractivity contribution in [1.82, 2.24) is 20.1 Å². The Hall–Kier alpha value is -5.78. The van der Waals surface area contributed by atoms with Crippen LogP contribution >= 0.6 is 0 Å². The number of nitrogens with one attached hydrogen (secondary N) is 2. The SMILES string of the molecule is Cc1ccccc1CN(CCCNC[C@H](O)c1ccc(O)c2[nH]c(=O)ccc12)C(=O)Cc1ccc(CC(=O)N2CCC(C(=O)O)(c3ccccc3)CC2)cc1. The molecule has 1 atom stereocenters. The minimum Gasteiger partial charge on any atom is -0.506 e. The second-order valence-corrected chi connectivity index (χ2v) is 14.4. The van der Waals surface area contributed by atoms with Crippen LogP contribution in [0.1, 0.15) is 58.7 Å². The quantitative estimate of drug-likeness (QED) is 0.0935. The van der Waals surface area contributed by atoms with Crippen molar-refractivity contribution >= 4 is 28.7 Å². The fourth-order valence-corrected chi connectivity index (χ4v) is 7.45. The number of aliphatic carboxylic acids is 1. The first kappa shape index (κ1) is 38.9. The maximum atomic E-state index is 13.8. The molecule has 286 valence electrons. The van der Waals surface area contributed by atoms with E-state index in [4.69, 9.17) is 0 Å². The van der Waals surface area contributed by atoms with Crippen molar-refractivity contribution in [2.75, 3.05) is 32.7 Å². The zero-order valence-electron chi connectivity index (χ0n) is 31.0. The lowest BCUT2D eigenvalue weighted by Crippen LogP contribution is -2.49. The fourth-order valence-electron chi connectivity index (χ4n) is 7.45. The van der Waals surface area contributed by atoms with Crippen LogP contribution < -0.4 is 10.9 Å². The highest BCUT2D eigenvalue weighted by Crippen LogP contribution is 2.36. The standard InChI is InChI=1S/C44H48N4O7/c1-30-8-5-6-9-33(30)29-48(23-7-22-45-28-38(50)35-16-18-37(49)42-36(35)17-19-39(51)46-42)41(53)27-32-14-12-31(13-15-32)26-40(52)47-24-20-44(21-25-47,43(54)55)34-10-3-2-4-11-34/h2-6,8-19,38,45,49-50H,7,20-29H2,1H3,(H,46,51)(H,54,55)/t38-/m0/s1. The van der Waals surface area contributed by atoms with Gasteiger partial charge in [-0.3, -0.25) is 19.2 Å². The summed E-state index contributed by atoms with van der Waals surface area (Å²) in [6.07, 6.45) is 0.876.